The number of halogens is 1. The van der Waals surface area contributed by atoms with E-state index in [1.54, 1.807) is 0 Å². The van der Waals surface area contributed by atoms with E-state index >= 15 is 0 Å². The third-order valence-corrected chi connectivity index (χ3v) is 5.69. The van der Waals surface area contributed by atoms with Crippen molar-refractivity contribution >= 4 is 17.3 Å². The summed E-state index contributed by atoms with van der Waals surface area (Å²) in [6, 6.07) is 8.25. The Balaban J connectivity index is 1.32. The Labute approximate surface area is 132 Å². The van der Waals surface area contributed by atoms with Crippen molar-refractivity contribution in [2.75, 3.05) is 37.6 Å². The van der Waals surface area contributed by atoms with E-state index in [2.05, 4.69) is 34.1 Å². The maximum atomic E-state index is 6.10. The van der Waals surface area contributed by atoms with Gasteiger partial charge in [-0.05, 0) is 48.8 Å². The second-order valence-corrected chi connectivity index (χ2v) is 7.24. The molecule has 2 aliphatic carbocycles. The van der Waals surface area contributed by atoms with Crippen LogP contribution in [0.5, 0.6) is 0 Å². The lowest BCUT2D eigenvalue weighted by atomic mass is 9.93. The molecule has 0 spiro atoms. The van der Waals surface area contributed by atoms with Crippen LogP contribution in [0.4, 0.5) is 5.69 Å². The quantitative estimate of drug-likeness (QED) is 0.786. The summed E-state index contributed by atoms with van der Waals surface area (Å²) in [7, 11) is 0. The fourth-order valence-electron chi connectivity index (χ4n) is 4.30. The number of hydrogen-bond acceptors (Lipinski definition) is 2. The van der Waals surface area contributed by atoms with Crippen LogP contribution in [-0.4, -0.2) is 37.6 Å². The Morgan fingerprint density at radius 3 is 2.57 bits per heavy atom. The van der Waals surface area contributed by atoms with Crippen molar-refractivity contribution in [2.24, 2.45) is 17.8 Å². The summed E-state index contributed by atoms with van der Waals surface area (Å²) >= 11 is 6.10. The molecule has 21 heavy (non-hydrogen) atoms. The maximum Gasteiger partial charge on any atom is 0.0426 e. The molecule has 4 rings (SSSR count). The maximum absolute atomic E-state index is 6.10. The zero-order chi connectivity index (χ0) is 14.2. The predicted octanol–water partition coefficient (Wildman–Crippen LogP) is 3.67. The number of anilines is 1. The van der Waals surface area contributed by atoms with Crippen molar-refractivity contribution in [1.29, 1.82) is 0 Å². The van der Waals surface area contributed by atoms with E-state index in [1.807, 2.05) is 12.1 Å². The normalized spacial score (nSPS) is 32.0. The van der Waals surface area contributed by atoms with Crippen molar-refractivity contribution in [2.45, 2.75) is 12.8 Å². The number of benzene rings is 1. The lowest BCUT2D eigenvalue weighted by Crippen LogP contribution is -2.48. The minimum Gasteiger partial charge on any atom is -0.369 e. The van der Waals surface area contributed by atoms with Crippen molar-refractivity contribution in [3.05, 3.63) is 41.4 Å². The van der Waals surface area contributed by atoms with Crippen LogP contribution in [0.15, 0.2) is 36.4 Å². The van der Waals surface area contributed by atoms with Gasteiger partial charge in [0.05, 0.1) is 0 Å². The van der Waals surface area contributed by atoms with Gasteiger partial charge in [-0.2, -0.15) is 0 Å². The average Bonchev–Trinajstić information content (AvgIpc) is 3.11. The molecule has 0 unspecified atom stereocenters. The summed E-state index contributed by atoms with van der Waals surface area (Å²) in [5.41, 5.74) is 1.27. The largest absolute Gasteiger partial charge is 0.369 e. The fraction of sp³-hybridized carbons (Fsp3) is 0.556. The van der Waals surface area contributed by atoms with E-state index in [4.69, 9.17) is 11.6 Å². The molecule has 1 saturated carbocycles. The monoisotopic (exact) mass is 302 g/mol. The van der Waals surface area contributed by atoms with E-state index in [0.717, 1.165) is 35.9 Å². The highest BCUT2D eigenvalue weighted by atomic mass is 35.5. The third kappa shape index (κ3) is 2.84. The van der Waals surface area contributed by atoms with Crippen LogP contribution in [0, 0.1) is 17.8 Å². The molecule has 1 saturated heterocycles. The zero-order valence-corrected chi connectivity index (χ0v) is 13.2. The Kier molecular flexibility index (Phi) is 3.68. The molecular formula is C18H23ClN2. The summed E-state index contributed by atoms with van der Waals surface area (Å²) in [4.78, 5) is 5.13. The second kappa shape index (κ2) is 5.66. The molecule has 3 aliphatic rings. The number of fused-ring (bicyclic) bond motifs is 2. The first kappa shape index (κ1) is 13.7. The Bertz CT molecular complexity index is 534. The third-order valence-electron chi connectivity index (χ3n) is 5.45. The van der Waals surface area contributed by atoms with Crippen molar-refractivity contribution in [3.63, 3.8) is 0 Å². The zero-order valence-electron chi connectivity index (χ0n) is 12.4. The molecule has 3 heteroatoms. The van der Waals surface area contributed by atoms with Gasteiger partial charge >= 0.3 is 0 Å². The molecule has 0 N–H and O–H groups in total. The summed E-state index contributed by atoms with van der Waals surface area (Å²) in [6.07, 6.45) is 7.77. The molecule has 1 heterocycles. The van der Waals surface area contributed by atoms with Crippen LogP contribution >= 0.6 is 11.6 Å². The molecule has 2 fully saturated rings. The van der Waals surface area contributed by atoms with Crippen molar-refractivity contribution in [3.8, 4) is 0 Å². The summed E-state index contributed by atoms with van der Waals surface area (Å²) in [5.74, 6) is 2.69. The standard InChI is InChI=1S/C18H23ClN2/c19-17-2-1-3-18(12-17)21-8-6-20(7-9-21)13-16-11-14-4-5-15(16)10-14/h1-5,12,14-16H,6-11,13H2/t14-,15+,16+/m1/s1. The van der Waals surface area contributed by atoms with Crippen LogP contribution < -0.4 is 4.90 Å². The lowest BCUT2D eigenvalue weighted by molar-refractivity contribution is 0.204. The van der Waals surface area contributed by atoms with Gasteiger partial charge in [0.2, 0.25) is 0 Å². The van der Waals surface area contributed by atoms with E-state index in [0.29, 0.717) is 0 Å². The van der Waals surface area contributed by atoms with E-state index < -0.39 is 0 Å². The number of nitrogens with zero attached hydrogens (tertiary/aromatic N) is 2. The molecule has 1 aromatic rings. The van der Waals surface area contributed by atoms with Gasteiger partial charge in [0.25, 0.3) is 0 Å². The number of allylic oxidation sites excluding steroid dienone is 2. The summed E-state index contributed by atoms with van der Waals surface area (Å²) in [6.45, 7) is 5.91. The molecule has 0 aromatic heterocycles. The van der Waals surface area contributed by atoms with E-state index in [1.165, 1.54) is 38.2 Å². The Hall–Kier alpha value is -0.990. The van der Waals surface area contributed by atoms with E-state index in [9.17, 15) is 0 Å². The van der Waals surface area contributed by atoms with Crippen LogP contribution in [0.3, 0.4) is 0 Å². The molecule has 0 amide bonds. The van der Waals surface area contributed by atoms with E-state index in [-0.39, 0.29) is 0 Å². The summed E-state index contributed by atoms with van der Waals surface area (Å²) < 4.78 is 0. The first-order valence-electron chi connectivity index (χ1n) is 8.19. The van der Waals surface area contributed by atoms with Gasteiger partial charge in [-0.1, -0.05) is 29.8 Å². The molecule has 1 aliphatic heterocycles. The van der Waals surface area contributed by atoms with Gasteiger partial charge in [0.1, 0.15) is 0 Å². The van der Waals surface area contributed by atoms with Crippen LogP contribution in [0.25, 0.3) is 0 Å². The lowest BCUT2D eigenvalue weighted by Gasteiger charge is -2.38. The molecule has 1 aromatic carbocycles. The molecule has 2 nitrogen and oxygen atoms in total. The SMILES string of the molecule is Clc1cccc(N2CCN(C[C@@H]3C[C@@H]4C=C[C@H]3C4)CC2)c1. The number of rotatable bonds is 3. The highest BCUT2D eigenvalue weighted by Gasteiger charge is 2.36. The van der Waals surface area contributed by atoms with Gasteiger partial charge in [-0.25, -0.2) is 0 Å². The molecule has 3 atom stereocenters. The molecule has 2 bridgehead atoms. The topological polar surface area (TPSA) is 6.48 Å². The first-order chi connectivity index (χ1) is 10.3. The smallest absolute Gasteiger partial charge is 0.0426 e. The van der Waals surface area contributed by atoms with Crippen LogP contribution in [0.1, 0.15) is 12.8 Å². The van der Waals surface area contributed by atoms with Gasteiger partial charge in [0.15, 0.2) is 0 Å². The minimum atomic E-state index is 0.837. The van der Waals surface area contributed by atoms with Gasteiger partial charge in [-0.15, -0.1) is 0 Å². The molecule has 112 valence electrons. The van der Waals surface area contributed by atoms with Crippen LogP contribution in [0.2, 0.25) is 5.02 Å². The van der Waals surface area contributed by atoms with Gasteiger partial charge in [0, 0.05) is 43.4 Å². The minimum absolute atomic E-state index is 0.837. The molecular weight excluding hydrogens is 280 g/mol. The average molecular weight is 303 g/mol. The Morgan fingerprint density at radius 2 is 1.90 bits per heavy atom. The van der Waals surface area contributed by atoms with Crippen molar-refractivity contribution < 1.29 is 0 Å². The predicted molar refractivity (Wildman–Crippen MR) is 88.9 cm³/mol. The summed E-state index contributed by atoms with van der Waals surface area (Å²) in [5, 5.41) is 0.837. The number of hydrogen-bond donors (Lipinski definition) is 0. The highest BCUT2D eigenvalue weighted by molar-refractivity contribution is 6.30. The van der Waals surface area contributed by atoms with Crippen molar-refractivity contribution in [1.82, 2.24) is 4.90 Å². The van der Waals surface area contributed by atoms with Crippen LogP contribution in [-0.2, 0) is 0 Å². The highest BCUT2D eigenvalue weighted by Crippen LogP contribution is 2.43. The molecule has 0 radical (unpaired) electrons. The second-order valence-electron chi connectivity index (χ2n) is 6.81. The fourth-order valence-corrected chi connectivity index (χ4v) is 4.48. The Morgan fingerprint density at radius 1 is 1.05 bits per heavy atom. The van der Waals surface area contributed by atoms with Gasteiger partial charge in [-0.3, -0.25) is 4.90 Å². The first-order valence-corrected chi connectivity index (χ1v) is 8.57. The van der Waals surface area contributed by atoms with Gasteiger partial charge < -0.3 is 4.90 Å². The number of piperazine rings is 1.